The second-order valence-electron chi connectivity index (χ2n) is 6.46. The van der Waals surface area contributed by atoms with Crippen molar-refractivity contribution >= 4 is 43.3 Å². The molecule has 1 aromatic heterocycles. The van der Waals surface area contributed by atoms with E-state index in [4.69, 9.17) is 16.0 Å². The first-order chi connectivity index (χ1) is 14.4. The van der Waals surface area contributed by atoms with Crippen molar-refractivity contribution in [2.45, 2.75) is 16.5 Å². The summed E-state index contributed by atoms with van der Waals surface area (Å²) < 4.78 is 33.2. The third-order valence-electron chi connectivity index (χ3n) is 4.36. The molecule has 0 aliphatic rings. The molecule has 0 spiro atoms. The van der Waals surface area contributed by atoms with Crippen molar-refractivity contribution in [2.24, 2.45) is 0 Å². The summed E-state index contributed by atoms with van der Waals surface area (Å²) in [7, 11) is -3.90. The van der Waals surface area contributed by atoms with E-state index in [2.05, 4.69) is 26.2 Å². The van der Waals surface area contributed by atoms with Crippen molar-refractivity contribution in [2.75, 3.05) is 5.32 Å². The molecule has 1 N–H and O–H groups in total. The number of hydrogen-bond acceptors (Lipinski definition) is 5. The van der Waals surface area contributed by atoms with Gasteiger partial charge in [-0.2, -0.15) is 4.98 Å². The molecule has 0 aliphatic carbocycles. The van der Waals surface area contributed by atoms with Gasteiger partial charge in [-0.1, -0.05) is 57.9 Å². The van der Waals surface area contributed by atoms with Gasteiger partial charge in [0, 0.05) is 21.6 Å². The third-order valence-corrected chi connectivity index (χ3v) is 6.82. The number of aromatic nitrogens is 1. The summed E-state index contributed by atoms with van der Waals surface area (Å²) in [5, 5.41) is 3.48. The molecular weight excluding hydrogens is 488 g/mol. The fraction of sp³-hybridized carbons (Fsp3) is 0.0455. The van der Waals surface area contributed by atoms with Crippen molar-refractivity contribution in [1.82, 2.24) is 4.98 Å². The molecule has 0 saturated carbocycles. The van der Waals surface area contributed by atoms with E-state index in [0.29, 0.717) is 17.1 Å². The van der Waals surface area contributed by atoms with Gasteiger partial charge >= 0.3 is 0 Å². The number of nitrogens with zero attached hydrogens (tertiary/aromatic N) is 1. The first-order valence-electron chi connectivity index (χ1n) is 8.99. The predicted octanol–water partition coefficient (Wildman–Crippen LogP) is 6.20. The Balaban J connectivity index is 1.76. The molecule has 3 aromatic carbocycles. The highest BCUT2D eigenvalue weighted by Gasteiger charge is 2.28. The van der Waals surface area contributed by atoms with E-state index in [1.807, 2.05) is 30.3 Å². The number of anilines is 1. The molecule has 1 heterocycles. The van der Waals surface area contributed by atoms with E-state index >= 15 is 0 Å². The Labute approximate surface area is 187 Å². The van der Waals surface area contributed by atoms with Crippen LogP contribution in [0.25, 0.3) is 11.5 Å². The Morgan fingerprint density at radius 1 is 0.933 bits per heavy atom. The van der Waals surface area contributed by atoms with Crippen molar-refractivity contribution in [3.05, 3.63) is 93.9 Å². The molecule has 0 radical (unpaired) electrons. The number of hydrogen-bond donors (Lipinski definition) is 1. The zero-order chi connectivity index (χ0) is 21.1. The number of benzene rings is 3. The quantitative estimate of drug-likeness (QED) is 0.339. The second-order valence-corrected chi connectivity index (χ2v) is 9.67. The molecule has 4 aromatic rings. The summed E-state index contributed by atoms with van der Waals surface area (Å²) in [5.41, 5.74) is 1.60. The van der Waals surface area contributed by atoms with Crippen LogP contribution < -0.4 is 5.32 Å². The lowest BCUT2D eigenvalue weighted by Gasteiger charge is -2.06. The fourth-order valence-electron chi connectivity index (χ4n) is 2.82. The SMILES string of the molecule is O=S(=O)(c1ccc(Br)cc1)c1nc(-c2ccc(Cl)cc2)oc1NCc1ccccc1. The lowest BCUT2D eigenvalue weighted by atomic mass is 10.2. The molecule has 152 valence electrons. The number of sulfone groups is 1. The summed E-state index contributed by atoms with van der Waals surface area (Å²) in [6, 6.07) is 22.9. The highest BCUT2D eigenvalue weighted by atomic mass is 79.9. The maximum Gasteiger partial charge on any atom is 0.234 e. The van der Waals surface area contributed by atoms with Crippen LogP contribution in [0.2, 0.25) is 5.02 Å². The minimum atomic E-state index is -3.90. The number of nitrogens with one attached hydrogen (secondary N) is 1. The molecule has 0 amide bonds. The summed E-state index contributed by atoms with van der Waals surface area (Å²) in [4.78, 5) is 4.45. The van der Waals surface area contributed by atoms with Gasteiger partial charge in [0.1, 0.15) is 0 Å². The molecule has 0 atom stereocenters. The van der Waals surface area contributed by atoms with E-state index < -0.39 is 9.84 Å². The second kappa shape index (κ2) is 8.63. The van der Waals surface area contributed by atoms with Gasteiger partial charge in [0.2, 0.25) is 26.6 Å². The third kappa shape index (κ3) is 4.43. The van der Waals surface area contributed by atoms with Gasteiger partial charge in [-0.05, 0) is 54.1 Å². The van der Waals surface area contributed by atoms with Crippen LogP contribution in [0.4, 0.5) is 5.88 Å². The van der Waals surface area contributed by atoms with Gasteiger partial charge in [-0.15, -0.1) is 0 Å². The van der Waals surface area contributed by atoms with Crippen LogP contribution in [0.5, 0.6) is 0 Å². The lowest BCUT2D eigenvalue weighted by molar-refractivity contribution is 0.576. The van der Waals surface area contributed by atoms with E-state index in [-0.39, 0.29) is 21.7 Å². The normalized spacial score (nSPS) is 11.4. The molecule has 0 aliphatic heterocycles. The monoisotopic (exact) mass is 502 g/mol. The van der Waals surface area contributed by atoms with Crippen molar-refractivity contribution in [1.29, 1.82) is 0 Å². The van der Waals surface area contributed by atoms with E-state index in [1.165, 1.54) is 12.1 Å². The Kier molecular flexibility index (Phi) is 5.94. The van der Waals surface area contributed by atoms with Gasteiger partial charge in [0.05, 0.1) is 4.90 Å². The summed E-state index contributed by atoms with van der Waals surface area (Å²) in [5.74, 6) is 0.282. The van der Waals surface area contributed by atoms with Gasteiger partial charge in [-0.25, -0.2) is 8.42 Å². The molecule has 0 bridgehead atoms. The minimum absolute atomic E-state index is 0.0896. The van der Waals surface area contributed by atoms with Gasteiger partial charge in [-0.3, -0.25) is 0 Å². The molecule has 0 unspecified atom stereocenters. The summed E-state index contributed by atoms with van der Waals surface area (Å²) >= 11 is 9.28. The van der Waals surface area contributed by atoms with Crippen molar-refractivity contribution in [3.63, 3.8) is 0 Å². The van der Waals surface area contributed by atoms with E-state index in [0.717, 1.165) is 10.0 Å². The van der Waals surface area contributed by atoms with Crippen LogP contribution in [0.15, 0.2) is 97.7 Å². The lowest BCUT2D eigenvalue weighted by Crippen LogP contribution is -2.07. The topological polar surface area (TPSA) is 72.2 Å². The summed E-state index contributed by atoms with van der Waals surface area (Å²) in [6.45, 7) is 0.388. The van der Waals surface area contributed by atoms with Crippen LogP contribution >= 0.6 is 27.5 Å². The largest absolute Gasteiger partial charge is 0.419 e. The molecule has 0 saturated heterocycles. The minimum Gasteiger partial charge on any atom is -0.419 e. The Morgan fingerprint density at radius 2 is 1.60 bits per heavy atom. The van der Waals surface area contributed by atoms with Gasteiger partial charge < -0.3 is 9.73 Å². The van der Waals surface area contributed by atoms with Crippen LogP contribution in [0, 0.1) is 0 Å². The first-order valence-corrected chi connectivity index (χ1v) is 11.6. The van der Waals surface area contributed by atoms with Crippen LogP contribution in [-0.4, -0.2) is 13.4 Å². The van der Waals surface area contributed by atoms with Crippen LogP contribution in [-0.2, 0) is 16.4 Å². The number of oxazole rings is 1. The predicted molar refractivity (Wildman–Crippen MR) is 120 cm³/mol. The zero-order valence-electron chi connectivity index (χ0n) is 15.5. The molecule has 4 rings (SSSR count). The first kappa shape index (κ1) is 20.7. The zero-order valence-corrected chi connectivity index (χ0v) is 18.7. The highest BCUT2D eigenvalue weighted by Crippen LogP contribution is 2.33. The maximum absolute atomic E-state index is 13.3. The van der Waals surface area contributed by atoms with Gasteiger partial charge in [0.15, 0.2) is 0 Å². The average Bonchev–Trinajstić information content (AvgIpc) is 3.19. The Hall–Kier alpha value is -2.61. The van der Waals surface area contributed by atoms with Crippen molar-refractivity contribution < 1.29 is 12.8 Å². The molecule has 8 heteroatoms. The summed E-state index contributed by atoms with van der Waals surface area (Å²) in [6.07, 6.45) is 0. The molecule has 30 heavy (non-hydrogen) atoms. The van der Waals surface area contributed by atoms with Crippen LogP contribution in [0.1, 0.15) is 5.56 Å². The number of halogens is 2. The number of rotatable bonds is 6. The van der Waals surface area contributed by atoms with Crippen molar-refractivity contribution in [3.8, 4) is 11.5 Å². The Bertz CT molecular complexity index is 1260. The van der Waals surface area contributed by atoms with E-state index in [1.54, 1.807) is 36.4 Å². The molecule has 5 nitrogen and oxygen atoms in total. The molecule has 0 fully saturated rings. The maximum atomic E-state index is 13.3. The van der Waals surface area contributed by atoms with Gasteiger partial charge in [0.25, 0.3) is 0 Å². The highest BCUT2D eigenvalue weighted by molar-refractivity contribution is 9.10. The molecular formula is C22H16BrClN2O3S. The fourth-order valence-corrected chi connectivity index (χ4v) is 4.49. The smallest absolute Gasteiger partial charge is 0.234 e. The van der Waals surface area contributed by atoms with Crippen LogP contribution in [0.3, 0.4) is 0 Å². The standard InChI is InChI=1S/C22H16BrClN2O3S/c23-17-8-12-19(13-9-17)30(27,28)22-21(25-14-15-4-2-1-3-5-15)29-20(26-22)16-6-10-18(24)11-7-16/h1-13,25H,14H2. The average molecular weight is 504 g/mol. The Morgan fingerprint density at radius 3 is 2.27 bits per heavy atom. The van der Waals surface area contributed by atoms with E-state index in [9.17, 15) is 8.42 Å².